The van der Waals surface area contributed by atoms with Gasteiger partial charge in [0.25, 0.3) is 0 Å². The molecular formula is C13H12INOS. The first-order valence-electron chi connectivity index (χ1n) is 5.26. The number of fused-ring (bicyclic) bond motifs is 1. The van der Waals surface area contributed by atoms with Crippen molar-refractivity contribution in [3.63, 3.8) is 0 Å². The van der Waals surface area contributed by atoms with Gasteiger partial charge in [0.05, 0.1) is 6.04 Å². The van der Waals surface area contributed by atoms with E-state index in [0.717, 1.165) is 14.5 Å². The van der Waals surface area contributed by atoms with E-state index in [1.165, 1.54) is 10.8 Å². The summed E-state index contributed by atoms with van der Waals surface area (Å²) in [6.45, 7) is 0. The number of halogens is 1. The Labute approximate surface area is 117 Å². The summed E-state index contributed by atoms with van der Waals surface area (Å²) in [5.41, 5.74) is 6.94. The molecular weight excluding hydrogens is 345 g/mol. The van der Waals surface area contributed by atoms with Gasteiger partial charge in [0.2, 0.25) is 5.12 Å². The van der Waals surface area contributed by atoms with Gasteiger partial charge in [0, 0.05) is 21.2 Å². The van der Waals surface area contributed by atoms with E-state index >= 15 is 0 Å². The van der Waals surface area contributed by atoms with E-state index < -0.39 is 6.04 Å². The van der Waals surface area contributed by atoms with E-state index in [-0.39, 0.29) is 5.12 Å². The highest BCUT2D eigenvalue weighted by atomic mass is 127. The number of rotatable bonds is 3. The van der Waals surface area contributed by atoms with Crippen LogP contribution >= 0.6 is 30.1 Å². The fourth-order valence-electron chi connectivity index (χ4n) is 1.76. The standard InChI is InChI=1S/C13H12INOS/c14-17-13(16)12(15)8-9-5-6-10-3-1-2-4-11(10)7-9/h1-7,12H,8,15H2/t12-/m0/s1. The summed E-state index contributed by atoms with van der Waals surface area (Å²) in [4.78, 5) is 11.4. The summed E-state index contributed by atoms with van der Waals surface area (Å²) >= 11 is 1.97. The third-order valence-electron chi connectivity index (χ3n) is 2.65. The Morgan fingerprint density at radius 3 is 2.65 bits per heavy atom. The van der Waals surface area contributed by atoms with Crippen LogP contribution in [0.5, 0.6) is 0 Å². The maximum absolute atomic E-state index is 11.4. The van der Waals surface area contributed by atoms with E-state index in [1.54, 1.807) is 0 Å². The second-order valence-electron chi connectivity index (χ2n) is 3.89. The molecule has 0 aliphatic rings. The van der Waals surface area contributed by atoms with Crippen molar-refractivity contribution in [2.45, 2.75) is 12.5 Å². The van der Waals surface area contributed by atoms with Crippen molar-refractivity contribution in [2.24, 2.45) is 5.73 Å². The summed E-state index contributed by atoms with van der Waals surface area (Å²) in [5, 5.41) is 2.42. The van der Waals surface area contributed by atoms with Crippen molar-refractivity contribution in [1.29, 1.82) is 0 Å². The smallest absolute Gasteiger partial charge is 0.216 e. The van der Waals surface area contributed by atoms with E-state index in [4.69, 9.17) is 5.73 Å². The Hall–Kier alpha value is -0.590. The normalized spacial score (nSPS) is 12.6. The Balaban J connectivity index is 2.22. The van der Waals surface area contributed by atoms with Gasteiger partial charge in [0.1, 0.15) is 0 Å². The SMILES string of the molecule is N[C@@H](Cc1ccc2ccccc2c1)C(=O)SI. The fraction of sp³-hybridized carbons (Fsp3) is 0.154. The third-order valence-corrected chi connectivity index (χ3v) is 4.41. The van der Waals surface area contributed by atoms with Gasteiger partial charge in [0.15, 0.2) is 0 Å². The molecule has 0 spiro atoms. The highest BCUT2D eigenvalue weighted by molar-refractivity contribution is 14.2. The zero-order valence-electron chi connectivity index (χ0n) is 9.10. The molecule has 0 aliphatic carbocycles. The van der Waals surface area contributed by atoms with Crippen molar-refractivity contribution in [3.8, 4) is 0 Å². The van der Waals surface area contributed by atoms with Crippen LogP contribution in [0.15, 0.2) is 42.5 Å². The molecule has 0 fully saturated rings. The lowest BCUT2D eigenvalue weighted by molar-refractivity contribution is -0.111. The van der Waals surface area contributed by atoms with Gasteiger partial charge in [-0.2, -0.15) is 0 Å². The molecule has 2 rings (SSSR count). The molecule has 2 N–H and O–H groups in total. The zero-order chi connectivity index (χ0) is 12.3. The lowest BCUT2D eigenvalue weighted by Crippen LogP contribution is -2.29. The van der Waals surface area contributed by atoms with Crippen molar-refractivity contribution in [1.82, 2.24) is 0 Å². The van der Waals surface area contributed by atoms with Gasteiger partial charge >= 0.3 is 0 Å². The maximum atomic E-state index is 11.4. The van der Waals surface area contributed by atoms with Crippen LogP contribution in [0.3, 0.4) is 0 Å². The van der Waals surface area contributed by atoms with Crippen molar-refractivity contribution >= 4 is 46.0 Å². The first-order valence-corrected chi connectivity index (χ1v) is 8.62. The van der Waals surface area contributed by atoms with Crippen LogP contribution in [0.4, 0.5) is 0 Å². The third kappa shape index (κ3) is 3.20. The molecule has 0 heterocycles. The van der Waals surface area contributed by atoms with Gasteiger partial charge in [-0.15, -0.1) is 0 Å². The predicted octanol–water partition coefficient (Wildman–Crippen LogP) is 3.32. The molecule has 2 nitrogen and oxygen atoms in total. The first-order chi connectivity index (χ1) is 8.20. The zero-order valence-corrected chi connectivity index (χ0v) is 12.1. The van der Waals surface area contributed by atoms with Crippen LogP contribution < -0.4 is 5.73 Å². The maximum Gasteiger partial charge on any atom is 0.216 e. The topological polar surface area (TPSA) is 43.1 Å². The van der Waals surface area contributed by atoms with E-state index in [0.29, 0.717) is 6.42 Å². The van der Waals surface area contributed by atoms with Gasteiger partial charge in [-0.25, -0.2) is 0 Å². The highest BCUT2D eigenvalue weighted by Crippen LogP contribution is 2.19. The molecule has 0 saturated carbocycles. The number of hydrogen-bond donors (Lipinski definition) is 1. The molecule has 0 aromatic heterocycles. The molecule has 0 saturated heterocycles. The molecule has 88 valence electrons. The average molecular weight is 357 g/mol. The second-order valence-corrected chi connectivity index (χ2v) is 5.77. The Morgan fingerprint density at radius 1 is 1.24 bits per heavy atom. The summed E-state index contributed by atoms with van der Waals surface area (Å²) in [5.74, 6) is 0. The highest BCUT2D eigenvalue weighted by Gasteiger charge is 2.13. The molecule has 0 radical (unpaired) electrons. The van der Waals surface area contributed by atoms with Crippen molar-refractivity contribution in [3.05, 3.63) is 48.0 Å². The lowest BCUT2D eigenvalue weighted by atomic mass is 10.0. The van der Waals surface area contributed by atoms with Gasteiger partial charge in [-0.1, -0.05) is 42.5 Å². The van der Waals surface area contributed by atoms with Crippen molar-refractivity contribution in [2.75, 3.05) is 0 Å². The van der Waals surface area contributed by atoms with Gasteiger partial charge in [-0.05, 0) is 31.7 Å². The predicted molar refractivity (Wildman–Crippen MR) is 82.2 cm³/mol. The molecule has 0 amide bonds. The van der Waals surface area contributed by atoms with Gasteiger partial charge < -0.3 is 5.73 Å². The molecule has 2 aromatic carbocycles. The molecule has 0 aliphatic heterocycles. The lowest BCUT2D eigenvalue weighted by Gasteiger charge is -2.09. The number of carbonyl (C=O) groups excluding carboxylic acids is 1. The van der Waals surface area contributed by atoms with Crippen LogP contribution in [-0.2, 0) is 11.2 Å². The van der Waals surface area contributed by atoms with Gasteiger partial charge in [-0.3, -0.25) is 4.79 Å². The summed E-state index contributed by atoms with van der Waals surface area (Å²) in [6, 6.07) is 14.0. The number of nitrogens with two attached hydrogens (primary N) is 1. The first kappa shape index (κ1) is 12.9. The minimum Gasteiger partial charge on any atom is -0.320 e. The summed E-state index contributed by atoms with van der Waals surface area (Å²) in [7, 11) is 1.16. The molecule has 17 heavy (non-hydrogen) atoms. The van der Waals surface area contributed by atoms with E-state index in [9.17, 15) is 4.79 Å². The summed E-state index contributed by atoms with van der Waals surface area (Å²) in [6.07, 6.45) is 0.597. The molecule has 2 aromatic rings. The quantitative estimate of drug-likeness (QED) is 0.857. The van der Waals surface area contributed by atoms with Crippen LogP contribution in [-0.4, -0.2) is 11.2 Å². The molecule has 0 unspecified atom stereocenters. The molecule has 4 heteroatoms. The van der Waals surface area contributed by atoms with Crippen LogP contribution in [0, 0.1) is 0 Å². The molecule has 0 bridgehead atoms. The van der Waals surface area contributed by atoms with Crippen LogP contribution in [0.25, 0.3) is 10.8 Å². The largest absolute Gasteiger partial charge is 0.320 e. The number of benzene rings is 2. The number of hydrogen-bond acceptors (Lipinski definition) is 3. The monoisotopic (exact) mass is 357 g/mol. The Bertz CT molecular complexity index is 544. The van der Waals surface area contributed by atoms with E-state index in [1.807, 2.05) is 39.4 Å². The molecule has 1 atom stereocenters. The minimum absolute atomic E-state index is 0.0266. The fourth-order valence-corrected chi connectivity index (χ4v) is 2.94. The summed E-state index contributed by atoms with van der Waals surface area (Å²) < 4.78 is 0. The number of carbonyl (C=O) groups is 1. The minimum atomic E-state index is -0.418. The van der Waals surface area contributed by atoms with Crippen molar-refractivity contribution < 1.29 is 4.79 Å². The Morgan fingerprint density at radius 2 is 1.94 bits per heavy atom. The Kier molecular flexibility index (Phi) is 4.42. The van der Waals surface area contributed by atoms with Crippen LogP contribution in [0.1, 0.15) is 5.56 Å². The second kappa shape index (κ2) is 5.84. The average Bonchev–Trinajstić information content (AvgIpc) is 2.37. The van der Waals surface area contributed by atoms with Crippen LogP contribution in [0.2, 0.25) is 0 Å². The van der Waals surface area contributed by atoms with E-state index in [2.05, 4.69) is 24.3 Å².